The van der Waals surface area contributed by atoms with E-state index in [9.17, 15) is 26.7 Å². The van der Waals surface area contributed by atoms with Gasteiger partial charge in [0.25, 0.3) is 11.8 Å². The van der Waals surface area contributed by atoms with Gasteiger partial charge >= 0.3 is 6.18 Å². The van der Waals surface area contributed by atoms with Crippen LogP contribution in [0.3, 0.4) is 0 Å². The molecular formula is C24H24F5N5O2S. The van der Waals surface area contributed by atoms with Crippen molar-refractivity contribution in [2.24, 2.45) is 5.92 Å². The van der Waals surface area contributed by atoms with Crippen LogP contribution in [0.4, 0.5) is 27.8 Å². The number of benzene rings is 1. The van der Waals surface area contributed by atoms with Gasteiger partial charge in [0.1, 0.15) is 17.3 Å². The zero-order valence-electron chi connectivity index (χ0n) is 20.1. The van der Waals surface area contributed by atoms with Gasteiger partial charge in [-0.25, -0.2) is 23.7 Å². The number of methoxy groups -OCH3 is 1. The number of alkyl halides is 5. The number of aromatic nitrogens is 3. The Morgan fingerprint density at radius 3 is 2.51 bits per heavy atom. The van der Waals surface area contributed by atoms with E-state index in [2.05, 4.69) is 20.3 Å². The lowest BCUT2D eigenvalue weighted by molar-refractivity contribution is -0.141. The Balaban J connectivity index is 1.60. The summed E-state index contributed by atoms with van der Waals surface area (Å²) in [4.78, 5) is 26.7. The molecule has 7 nitrogen and oxygen atoms in total. The Morgan fingerprint density at radius 1 is 1.22 bits per heavy atom. The first kappa shape index (κ1) is 26.7. The maximum absolute atomic E-state index is 14.6. The highest BCUT2D eigenvalue weighted by Gasteiger charge is 2.47. The summed E-state index contributed by atoms with van der Waals surface area (Å²) in [6.45, 7) is 2.52. The van der Waals surface area contributed by atoms with Crippen LogP contribution in [-0.4, -0.2) is 57.9 Å². The van der Waals surface area contributed by atoms with Crippen molar-refractivity contribution in [2.75, 3.05) is 25.5 Å². The third-order valence-corrected chi connectivity index (χ3v) is 7.08. The van der Waals surface area contributed by atoms with E-state index in [0.717, 1.165) is 11.1 Å². The van der Waals surface area contributed by atoms with Crippen molar-refractivity contribution in [1.82, 2.24) is 19.9 Å². The Bertz CT molecular complexity index is 1250. The highest BCUT2D eigenvalue weighted by molar-refractivity contribution is 7.15. The zero-order chi connectivity index (χ0) is 27.0. The molecule has 0 spiro atoms. The van der Waals surface area contributed by atoms with E-state index in [1.165, 1.54) is 18.4 Å². The standard InChI is InChI=1S/C24H24F5N5O2S/c1-13-8-23(25,26)12-34(17(13)9-31-19-11-30-18(10-32-19)24(27,28)29)22(35)20-21(37-14(2)33-20)15-4-6-16(36-3)7-5-15/h4-7,10-11,13,17H,8-9,12H2,1-3H3,(H,31,32)/t13-,17-/m1/s1. The minimum atomic E-state index is -4.63. The van der Waals surface area contributed by atoms with Crippen molar-refractivity contribution >= 4 is 23.1 Å². The van der Waals surface area contributed by atoms with Crippen LogP contribution in [0.1, 0.15) is 34.5 Å². The van der Waals surface area contributed by atoms with E-state index >= 15 is 0 Å². The fraction of sp³-hybridized carbons (Fsp3) is 0.417. The molecule has 0 bridgehead atoms. The molecule has 1 N–H and O–H groups in total. The van der Waals surface area contributed by atoms with Crippen molar-refractivity contribution in [3.05, 3.63) is 53.1 Å². The number of piperidine rings is 1. The predicted octanol–water partition coefficient (Wildman–Crippen LogP) is 5.53. The van der Waals surface area contributed by atoms with E-state index in [4.69, 9.17) is 4.74 Å². The zero-order valence-corrected chi connectivity index (χ0v) is 21.0. The summed E-state index contributed by atoms with van der Waals surface area (Å²) in [5.41, 5.74) is -0.386. The second-order valence-electron chi connectivity index (χ2n) is 8.84. The smallest absolute Gasteiger partial charge is 0.434 e. The molecule has 198 valence electrons. The molecule has 1 aliphatic heterocycles. The Labute approximate surface area is 213 Å². The Morgan fingerprint density at radius 2 is 1.92 bits per heavy atom. The van der Waals surface area contributed by atoms with Gasteiger partial charge in [0.05, 0.1) is 42.0 Å². The van der Waals surface area contributed by atoms with Crippen molar-refractivity contribution < 1.29 is 31.5 Å². The molecule has 1 aromatic carbocycles. The molecule has 0 radical (unpaired) electrons. The van der Waals surface area contributed by atoms with Gasteiger partial charge in [0, 0.05) is 13.0 Å². The highest BCUT2D eigenvalue weighted by atomic mass is 32.1. The van der Waals surface area contributed by atoms with Crippen LogP contribution < -0.4 is 10.1 Å². The van der Waals surface area contributed by atoms with Gasteiger partial charge in [-0.3, -0.25) is 4.79 Å². The fourth-order valence-corrected chi connectivity index (χ4v) is 5.22. The first-order valence-corrected chi connectivity index (χ1v) is 12.1. The van der Waals surface area contributed by atoms with Gasteiger partial charge in [0.2, 0.25) is 0 Å². The molecule has 1 amide bonds. The number of halogens is 5. The van der Waals surface area contributed by atoms with Crippen molar-refractivity contribution in [3.8, 4) is 16.2 Å². The molecule has 3 aromatic rings. The maximum Gasteiger partial charge on any atom is 0.434 e. The molecule has 37 heavy (non-hydrogen) atoms. The van der Waals surface area contributed by atoms with Gasteiger partial charge in [-0.15, -0.1) is 11.3 Å². The van der Waals surface area contributed by atoms with Gasteiger partial charge in [-0.05, 0) is 42.7 Å². The van der Waals surface area contributed by atoms with E-state index in [-0.39, 0.29) is 18.1 Å². The molecule has 0 unspecified atom stereocenters. The number of anilines is 1. The molecule has 13 heteroatoms. The number of hydrogen-bond donors (Lipinski definition) is 1. The second kappa shape index (κ2) is 10.2. The molecule has 1 aliphatic rings. The van der Waals surface area contributed by atoms with Gasteiger partial charge < -0.3 is 15.0 Å². The van der Waals surface area contributed by atoms with Crippen LogP contribution in [0.25, 0.3) is 10.4 Å². The molecular weight excluding hydrogens is 517 g/mol. The summed E-state index contributed by atoms with van der Waals surface area (Å²) >= 11 is 1.28. The van der Waals surface area contributed by atoms with Crippen molar-refractivity contribution in [2.45, 2.75) is 38.4 Å². The lowest BCUT2D eigenvalue weighted by Crippen LogP contribution is -2.57. The predicted molar refractivity (Wildman–Crippen MR) is 128 cm³/mol. The molecule has 2 aromatic heterocycles. The average molecular weight is 542 g/mol. The molecule has 4 rings (SSSR count). The summed E-state index contributed by atoms with van der Waals surface area (Å²) in [5.74, 6) is -3.71. The molecule has 1 saturated heterocycles. The number of hydrogen-bond acceptors (Lipinski definition) is 7. The second-order valence-corrected chi connectivity index (χ2v) is 10.0. The normalized spacial score (nSPS) is 19.5. The summed E-state index contributed by atoms with van der Waals surface area (Å²) in [7, 11) is 1.53. The number of rotatable bonds is 6. The van der Waals surface area contributed by atoms with Crippen LogP contribution in [0, 0.1) is 12.8 Å². The highest BCUT2D eigenvalue weighted by Crippen LogP contribution is 2.38. The van der Waals surface area contributed by atoms with Gasteiger partial charge in [-0.1, -0.05) is 6.92 Å². The number of carbonyl (C=O) groups is 1. The van der Waals surface area contributed by atoms with Gasteiger partial charge in [0.15, 0.2) is 5.69 Å². The largest absolute Gasteiger partial charge is 0.497 e. The lowest BCUT2D eigenvalue weighted by atomic mass is 9.88. The number of amides is 1. The summed E-state index contributed by atoms with van der Waals surface area (Å²) < 4.78 is 72.7. The Hall–Kier alpha value is -3.35. The van der Waals surface area contributed by atoms with Gasteiger partial charge in [-0.2, -0.15) is 13.2 Å². The van der Waals surface area contributed by atoms with E-state index in [0.29, 0.717) is 27.4 Å². The summed E-state index contributed by atoms with van der Waals surface area (Å²) in [5, 5.41) is 3.44. The SMILES string of the molecule is COc1ccc(-c2sc(C)nc2C(=O)N2CC(F)(F)C[C@@H](C)[C@H]2CNc2cnc(C(F)(F)F)cn2)cc1. The van der Waals surface area contributed by atoms with E-state index < -0.39 is 48.6 Å². The minimum absolute atomic E-state index is 0.00990. The van der Waals surface area contributed by atoms with Crippen LogP contribution >= 0.6 is 11.3 Å². The molecule has 1 fully saturated rings. The van der Waals surface area contributed by atoms with Crippen LogP contribution in [0.2, 0.25) is 0 Å². The third-order valence-electron chi connectivity index (χ3n) is 6.06. The van der Waals surface area contributed by atoms with Crippen LogP contribution in [0.15, 0.2) is 36.7 Å². The molecule has 0 aliphatic carbocycles. The fourth-order valence-electron chi connectivity index (χ4n) is 4.30. The van der Waals surface area contributed by atoms with Crippen LogP contribution in [0.5, 0.6) is 5.75 Å². The quantitative estimate of drug-likeness (QED) is 0.413. The maximum atomic E-state index is 14.6. The summed E-state index contributed by atoms with van der Waals surface area (Å²) in [6.07, 6.45) is -3.57. The average Bonchev–Trinajstić information content (AvgIpc) is 3.23. The third kappa shape index (κ3) is 5.97. The Kier molecular flexibility index (Phi) is 7.36. The number of aryl methyl sites for hydroxylation is 1. The first-order chi connectivity index (χ1) is 17.4. The number of thiazole rings is 1. The monoisotopic (exact) mass is 541 g/mol. The number of ether oxygens (including phenoxy) is 1. The molecule has 0 saturated carbocycles. The molecule has 3 heterocycles. The number of nitrogens with one attached hydrogen (secondary N) is 1. The van der Waals surface area contributed by atoms with Crippen molar-refractivity contribution in [3.63, 3.8) is 0 Å². The number of carbonyl (C=O) groups excluding carboxylic acids is 1. The minimum Gasteiger partial charge on any atom is -0.497 e. The topological polar surface area (TPSA) is 80.2 Å². The first-order valence-electron chi connectivity index (χ1n) is 11.3. The number of nitrogens with zero attached hydrogens (tertiary/aromatic N) is 4. The van der Waals surface area contributed by atoms with Crippen LogP contribution in [-0.2, 0) is 6.18 Å². The molecule has 2 atom stereocenters. The van der Waals surface area contributed by atoms with E-state index in [1.807, 2.05) is 0 Å². The summed E-state index contributed by atoms with van der Waals surface area (Å²) in [6, 6.07) is 6.29. The van der Waals surface area contributed by atoms with Crippen molar-refractivity contribution in [1.29, 1.82) is 0 Å². The van der Waals surface area contributed by atoms with E-state index in [1.54, 1.807) is 38.1 Å². The lowest BCUT2D eigenvalue weighted by Gasteiger charge is -2.43. The number of likely N-dealkylation sites (tertiary alicyclic amines) is 1.